The van der Waals surface area contributed by atoms with E-state index in [4.69, 9.17) is 16.0 Å². The molecule has 0 fully saturated rings. The first-order valence-corrected chi connectivity index (χ1v) is 3.99. The zero-order chi connectivity index (χ0) is 8.43. The molecular weight excluding hydrogens is 233 g/mol. The van der Waals surface area contributed by atoms with Crippen molar-refractivity contribution in [3.63, 3.8) is 0 Å². The first-order chi connectivity index (χ1) is 5.15. The zero-order valence-electron chi connectivity index (χ0n) is 5.65. The van der Waals surface area contributed by atoms with Crippen molar-refractivity contribution in [3.8, 4) is 0 Å². The van der Waals surface area contributed by atoms with Gasteiger partial charge in [0.05, 0.1) is 4.47 Å². The number of rotatable bonds is 1. The van der Waals surface area contributed by atoms with Gasteiger partial charge >= 0.3 is 0 Å². The van der Waals surface area contributed by atoms with Gasteiger partial charge in [0, 0.05) is 13.1 Å². The maximum Gasteiger partial charge on any atom is 0.286 e. The average molecular weight is 238 g/mol. The molecule has 3 nitrogen and oxygen atoms in total. The Morgan fingerprint density at radius 3 is 2.82 bits per heavy atom. The fourth-order valence-electron chi connectivity index (χ4n) is 0.582. The molecular formula is C6H5BrClNO2. The molecule has 0 aliphatic rings. The molecule has 0 aliphatic heterocycles. The summed E-state index contributed by atoms with van der Waals surface area (Å²) in [6, 6.07) is 1.52. The lowest BCUT2D eigenvalue weighted by Crippen LogP contribution is -2.16. The summed E-state index contributed by atoms with van der Waals surface area (Å²) >= 11 is 8.64. The SMILES string of the molecule is CNC(=O)c1cc(Br)c(Cl)o1. The Morgan fingerprint density at radius 1 is 1.82 bits per heavy atom. The van der Waals surface area contributed by atoms with Gasteiger partial charge in [-0.15, -0.1) is 0 Å². The van der Waals surface area contributed by atoms with E-state index in [9.17, 15) is 4.79 Å². The Labute approximate surface area is 76.8 Å². The van der Waals surface area contributed by atoms with Crippen molar-refractivity contribution in [1.29, 1.82) is 0 Å². The lowest BCUT2D eigenvalue weighted by atomic mass is 10.4. The third-order valence-electron chi connectivity index (χ3n) is 1.10. The first-order valence-electron chi connectivity index (χ1n) is 2.82. The molecule has 1 rings (SSSR count). The van der Waals surface area contributed by atoms with E-state index in [1.807, 2.05) is 0 Å². The van der Waals surface area contributed by atoms with E-state index in [-0.39, 0.29) is 16.9 Å². The van der Waals surface area contributed by atoms with Gasteiger partial charge in [0.25, 0.3) is 5.91 Å². The van der Waals surface area contributed by atoms with Crippen molar-refractivity contribution < 1.29 is 9.21 Å². The summed E-state index contributed by atoms with van der Waals surface area (Å²) in [6.45, 7) is 0. The van der Waals surface area contributed by atoms with Crippen molar-refractivity contribution >= 4 is 33.4 Å². The minimum Gasteiger partial charge on any atom is -0.438 e. The van der Waals surface area contributed by atoms with Gasteiger partial charge in [-0.05, 0) is 27.5 Å². The Bertz CT molecular complexity index is 265. The quantitative estimate of drug-likeness (QED) is 0.814. The molecule has 1 heterocycles. The summed E-state index contributed by atoms with van der Waals surface area (Å²) in [7, 11) is 1.52. The number of hydrogen-bond donors (Lipinski definition) is 1. The van der Waals surface area contributed by atoms with E-state index in [1.165, 1.54) is 13.1 Å². The predicted octanol–water partition coefficient (Wildman–Crippen LogP) is 2.06. The van der Waals surface area contributed by atoms with Crippen LogP contribution < -0.4 is 5.32 Å². The first kappa shape index (κ1) is 8.62. The van der Waals surface area contributed by atoms with Crippen molar-refractivity contribution in [3.05, 3.63) is 21.5 Å². The second-order valence-corrected chi connectivity index (χ2v) is 3.01. The largest absolute Gasteiger partial charge is 0.438 e. The van der Waals surface area contributed by atoms with E-state index in [1.54, 1.807) is 0 Å². The Kier molecular flexibility index (Phi) is 2.57. The van der Waals surface area contributed by atoms with Gasteiger partial charge in [-0.2, -0.15) is 0 Å². The zero-order valence-corrected chi connectivity index (χ0v) is 7.99. The van der Waals surface area contributed by atoms with Gasteiger partial charge in [0.2, 0.25) is 5.22 Å². The van der Waals surface area contributed by atoms with Crippen LogP contribution >= 0.6 is 27.5 Å². The Morgan fingerprint density at radius 2 is 2.45 bits per heavy atom. The molecule has 0 spiro atoms. The standard InChI is InChI=1S/C6H5BrClNO2/c1-9-6(10)4-2-3(7)5(8)11-4/h2H,1H3,(H,9,10). The van der Waals surface area contributed by atoms with Gasteiger partial charge in [-0.1, -0.05) is 0 Å². The molecule has 0 bridgehead atoms. The molecule has 1 aromatic rings. The van der Waals surface area contributed by atoms with Gasteiger partial charge in [-0.25, -0.2) is 0 Å². The molecule has 0 aromatic carbocycles. The molecule has 0 saturated heterocycles. The summed E-state index contributed by atoms with van der Waals surface area (Å²) in [4.78, 5) is 10.9. The molecule has 0 aliphatic carbocycles. The topological polar surface area (TPSA) is 42.2 Å². The molecule has 0 radical (unpaired) electrons. The maximum absolute atomic E-state index is 10.9. The number of hydrogen-bond acceptors (Lipinski definition) is 2. The third kappa shape index (κ3) is 1.75. The molecule has 60 valence electrons. The summed E-state index contributed by atoms with van der Waals surface area (Å²) in [5, 5.41) is 2.59. The number of halogens is 2. The van der Waals surface area contributed by atoms with Gasteiger partial charge in [0.1, 0.15) is 0 Å². The van der Waals surface area contributed by atoms with Crippen molar-refractivity contribution in [1.82, 2.24) is 5.32 Å². The van der Waals surface area contributed by atoms with Crippen molar-refractivity contribution in [2.45, 2.75) is 0 Å². The lowest BCUT2D eigenvalue weighted by molar-refractivity contribution is 0.0936. The van der Waals surface area contributed by atoms with Crippen LogP contribution in [0.25, 0.3) is 0 Å². The van der Waals surface area contributed by atoms with E-state index < -0.39 is 0 Å². The van der Waals surface area contributed by atoms with E-state index >= 15 is 0 Å². The summed E-state index contributed by atoms with van der Waals surface area (Å²) < 4.78 is 5.45. The van der Waals surface area contributed by atoms with Crippen LogP contribution in [0, 0.1) is 0 Å². The van der Waals surface area contributed by atoms with Crippen molar-refractivity contribution in [2.75, 3.05) is 7.05 Å². The highest BCUT2D eigenvalue weighted by Gasteiger charge is 2.11. The van der Waals surface area contributed by atoms with E-state index in [0.29, 0.717) is 4.47 Å². The van der Waals surface area contributed by atoms with Gasteiger partial charge in [0.15, 0.2) is 5.76 Å². The predicted molar refractivity (Wildman–Crippen MR) is 44.8 cm³/mol. The van der Waals surface area contributed by atoms with Crippen LogP contribution in [0.1, 0.15) is 10.6 Å². The van der Waals surface area contributed by atoms with Crippen LogP contribution in [0.2, 0.25) is 5.22 Å². The highest BCUT2D eigenvalue weighted by molar-refractivity contribution is 9.10. The van der Waals surface area contributed by atoms with Crippen LogP contribution in [0.4, 0.5) is 0 Å². The normalized spacial score (nSPS) is 9.73. The molecule has 0 atom stereocenters. The number of furan rings is 1. The summed E-state index contributed by atoms with van der Waals surface area (Å²) in [5.41, 5.74) is 0. The number of carbonyl (C=O) groups is 1. The van der Waals surface area contributed by atoms with E-state index in [0.717, 1.165) is 0 Å². The third-order valence-corrected chi connectivity index (χ3v) is 2.19. The molecule has 1 N–H and O–H groups in total. The molecule has 5 heteroatoms. The smallest absolute Gasteiger partial charge is 0.286 e. The fraction of sp³-hybridized carbons (Fsp3) is 0.167. The Balaban J connectivity index is 2.97. The lowest BCUT2D eigenvalue weighted by Gasteiger charge is -1.90. The highest BCUT2D eigenvalue weighted by atomic mass is 79.9. The fourth-order valence-corrected chi connectivity index (χ4v) is 1.01. The highest BCUT2D eigenvalue weighted by Crippen LogP contribution is 2.25. The van der Waals surface area contributed by atoms with Crippen LogP contribution in [0.3, 0.4) is 0 Å². The minimum absolute atomic E-state index is 0.184. The van der Waals surface area contributed by atoms with Gasteiger partial charge in [-0.3, -0.25) is 4.79 Å². The number of amides is 1. The minimum atomic E-state index is -0.294. The molecule has 1 amide bonds. The molecule has 1 aromatic heterocycles. The summed E-state index contributed by atoms with van der Waals surface area (Å²) in [5.74, 6) is -0.0954. The molecule has 0 unspecified atom stereocenters. The Hall–Kier alpha value is -0.480. The van der Waals surface area contributed by atoms with Crippen LogP contribution in [0.5, 0.6) is 0 Å². The van der Waals surface area contributed by atoms with E-state index in [2.05, 4.69) is 21.2 Å². The maximum atomic E-state index is 10.9. The number of carbonyl (C=O) groups excluding carboxylic acids is 1. The summed E-state index contributed by atoms with van der Waals surface area (Å²) in [6.07, 6.45) is 0. The molecule has 11 heavy (non-hydrogen) atoms. The monoisotopic (exact) mass is 237 g/mol. The van der Waals surface area contributed by atoms with Crippen LogP contribution in [-0.2, 0) is 0 Å². The van der Waals surface area contributed by atoms with Crippen LogP contribution in [0.15, 0.2) is 15.0 Å². The van der Waals surface area contributed by atoms with Crippen molar-refractivity contribution in [2.24, 2.45) is 0 Å². The average Bonchev–Trinajstić information content (AvgIpc) is 2.31. The second-order valence-electron chi connectivity index (χ2n) is 1.81. The van der Waals surface area contributed by atoms with Gasteiger partial charge < -0.3 is 9.73 Å². The number of nitrogens with one attached hydrogen (secondary N) is 1. The molecule has 0 saturated carbocycles. The second kappa shape index (κ2) is 3.28. The van der Waals surface area contributed by atoms with Crippen LogP contribution in [-0.4, -0.2) is 13.0 Å².